The summed E-state index contributed by atoms with van der Waals surface area (Å²) in [6.45, 7) is 3.46. The second-order valence-electron chi connectivity index (χ2n) is 5.70. The molecule has 23 heavy (non-hydrogen) atoms. The maximum absolute atomic E-state index is 12.7. The molecule has 2 aromatic rings. The Morgan fingerprint density at radius 3 is 3.04 bits per heavy atom. The number of carbonyl (C=O) groups is 1. The van der Waals surface area contributed by atoms with Gasteiger partial charge in [0.25, 0.3) is 0 Å². The topological polar surface area (TPSA) is 63.1 Å². The van der Waals surface area contributed by atoms with Crippen molar-refractivity contribution < 1.29 is 4.79 Å². The van der Waals surface area contributed by atoms with Gasteiger partial charge in [0.15, 0.2) is 0 Å². The van der Waals surface area contributed by atoms with Gasteiger partial charge in [-0.3, -0.25) is 0 Å². The molecule has 0 bridgehead atoms. The first-order valence-electron chi connectivity index (χ1n) is 7.72. The van der Waals surface area contributed by atoms with Gasteiger partial charge < -0.3 is 10.2 Å². The van der Waals surface area contributed by atoms with Crippen molar-refractivity contribution in [2.45, 2.75) is 30.7 Å². The van der Waals surface area contributed by atoms with E-state index in [-0.39, 0.29) is 12.1 Å². The highest BCUT2D eigenvalue weighted by atomic mass is 32.2. The largest absolute Gasteiger partial charge is 0.322 e. The van der Waals surface area contributed by atoms with Gasteiger partial charge in [-0.05, 0) is 37.7 Å². The van der Waals surface area contributed by atoms with Gasteiger partial charge in [0.05, 0.1) is 11.7 Å². The van der Waals surface area contributed by atoms with Crippen molar-refractivity contribution in [3.63, 3.8) is 0 Å². The van der Waals surface area contributed by atoms with Crippen molar-refractivity contribution in [1.82, 2.24) is 19.7 Å². The van der Waals surface area contributed by atoms with Crippen molar-refractivity contribution >= 4 is 23.5 Å². The molecule has 1 aliphatic heterocycles. The van der Waals surface area contributed by atoms with Crippen LogP contribution in [0, 0.1) is 6.92 Å². The minimum atomic E-state index is -0.0422. The van der Waals surface area contributed by atoms with Crippen molar-refractivity contribution in [3.05, 3.63) is 36.4 Å². The summed E-state index contributed by atoms with van der Waals surface area (Å²) in [5.41, 5.74) is 1.99. The zero-order valence-electron chi connectivity index (χ0n) is 13.4. The number of thioether (sulfide) groups is 1. The third-order valence-corrected chi connectivity index (χ3v) is 4.96. The number of amides is 2. The molecule has 1 N–H and O–H groups in total. The van der Waals surface area contributed by atoms with E-state index >= 15 is 0 Å². The average molecular weight is 331 g/mol. The highest BCUT2D eigenvalue weighted by Gasteiger charge is 2.25. The lowest BCUT2D eigenvalue weighted by Crippen LogP contribution is -2.43. The minimum absolute atomic E-state index is 0.0422. The van der Waals surface area contributed by atoms with E-state index in [9.17, 15) is 4.79 Å². The SMILES string of the molecule is CSc1cccc(C)c1NC(=O)N1CCC[C@H](n2cncn2)C1. The Hall–Kier alpha value is -2.02. The molecule has 1 aromatic heterocycles. The molecule has 1 aliphatic rings. The number of piperidine rings is 1. The number of aromatic nitrogens is 3. The quantitative estimate of drug-likeness (QED) is 0.878. The molecule has 3 rings (SSSR count). The molecular weight excluding hydrogens is 310 g/mol. The molecule has 0 aliphatic carbocycles. The van der Waals surface area contributed by atoms with Crippen molar-refractivity contribution in [2.24, 2.45) is 0 Å². The predicted octanol–water partition coefficient (Wildman–Crippen LogP) is 3.18. The molecule has 0 saturated carbocycles. The Bertz CT molecular complexity index is 673. The molecule has 122 valence electrons. The van der Waals surface area contributed by atoms with Crippen molar-refractivity contribution in [2.75, 3.05) is 24.7 Å². The number of nitrogens with zero attached hydrogens (tertiary/aromatic N) is 4. The number of para-hydroxylation sites is 1. The monoisotopic (exact) mass is 331 g/mol. The fraction of sp³-hybridized carbons (Fsp3) is 0.438. The number of benzene rings is 1. The molecule has 1 fully saturated rings. The zero-order valence-corrected chi connectivity index (χ0v) is 14.2. The third kappa shape index (κ3) is 3.50. The molecule has 1 atom stereocenters. The van der Waals surface area contributed by atoms with Crippen LogP contribution in [0.1, 0.15) is 24.4 Å². The molecule has 1 saturated heterocycles. The summed E-state index contributed by atoms with van der Waals surface area (Å²) in [6, 6.07) is 6.22. The van der Waals surface area contributed by atoms with Gasteiger partial charge in [-0.1, -0.05) is 12.1 Å². The van der Waals surface area contributed by atoms with Crippen LogP contribution in [0.2, 0.25) is 0 Å². The van der Waals surface area contributed by atoms with Crippen LogP contribution in [-0.2, 0) is 0 Å². The normalized spacial score (nSPS) is 18.0. The van der Waals surface area contributed by atoms with E-state index in [0.717, 1.165) is 35.5 Å². The van der Waals surface area contributed by atoms with Crippen LogP contribution in [0.4, 0.5) is 10.5 Å². The number of anilines is 1. The van der Waals surface area contributed by atoms with Crippen LogP contribution in [0.15, 0.2) is 35.7 Å². The lowest BCUT2D eigenvalue weighted by atomic mass is 10.1. The third-order valence-electron chi connectivity index (χ3n) is 4.18. The first-order valence-corrected chi connectivity index (χ1v) is 8.95. The van der Waals surface area contributed by atoms with Gasteiger partial charge in [-0.25, -0.2) is 14.5 Å². The Morgan fingerprint density at radius 2 is 2.30 bits per heavy atom. The Balaban J connectivity index is 1.71. The second kappa shape index (κ2) is 7.04. The van der Waals surface area contributed by atoms with Gasteiger partial charge in [-0.15, -0.1) is 11.8 Å². The maximum Gasteiger partial charge on any atom is 0.321 e. The van der Waals surface area contributed by atoms with Crippen LogP contribution in [0.25, 0.3) is 0 Å². The van der Waals surface area contributed by atoms with Crippen LogP contribution < -0.4 is 5.32 Å². The van der Waals surface area contributed by atoms with Crippen molar-refractivity contribution in [3.8, 4) is 0 Å². The van der Waals surface area contributed by atoms with Gasteiger partial charge in [-0.2, -0.15) is 5.10 Å². The Labute approximate surface area is 140 Å². The number of carbonyl (C=O) groups excluding carboxylic acids is 1. The molecule has 0 unspecified atom stereocenters. The van der Waals surface area contributed by atoms with E-state index in [4.69, 9.17) is 0 Å². The van der Waals surface area contributed by atoms with Crippen LogP contribution in [0.5, 0.6) is 0 Å². The summed E-state index contributed by atoms with van der Waals surface area (Å²) in [5.74, 6) is 0. The van der Waals surface area contributed by atoms with Crippen LogP contribution >= 0.6 is 11.8 Å². The van der Waals surface area contributed by atoms with E-state index in [1.165, 1.54) is 6.33 Å². The van der Waals surface area contributed by atoms with E-state index in [1.807, 2.05) is 41.0 Å². The summed E-state index contributed by atoms with van der Waals surface area (Å²) in [5, 5.41) is 7.29. The summed E-state index contributed by atoms with van der Waals surface area (Å²) in [7, 11) is 0. The van der Waals surface area contributed by atoms with E-state index in [2.05, 4.69) is 15.4 Å². The van der Waals surface area contributed by atoms with Crippen LogP contribution in [-0.4, -0.2) is 45.0 Å². The molecular formula is C16H21N5OS. The number of urea groups is 1. The average Bonchev–Trinajstić information content (AvgIpc) is 3.11. The summed E-state index contributed by atoms with van der Waals surface area (Å²) in [4.78, 5) is 19.6. The fourth-order valence-electron chi connectivity index (χ4n) is 2.92. The van der Waals surface area contributed by atoms with Gasteiger partial charge in [0.2, 0.25) is 0 Å². The number of hydrogen-bond donors (Lipinski definition) is 1. The fourth-order valence-corrected chi connectivity index (χ4v) is 3.55. The molecule has 7 heteroatoms. The molecule has 2 heterocycles. The Morgan fingerprint density at radius 1 is 1.43 bits per heavy atom. The number of rotatable bonds is 3. The molecule has 0 radical (unpaired) electrons. The first-order chi connectivity index (χ1) is 11.2. The highest BCUT2D eigenvalue weighted by Crippen LogP contribution is 2.29. The lowest BCUT2D eigenvalue weighted by molar-refractivity contribution is 0.174. The predicted molar refractivity (Wildman–Crippen MR) is 91.8 cm³/mol. The summed E-state index contributed by atoms with van der Waals surface area (Å²) in [6.07, 6.45) is 7.27. The van der Waals surface area contributed by atoms with Gasteiger partial charge in [0, 0.05) is 18.0 Å². The molecule has 2 amide bonds. The number of hydrogen-bond acceptors (Lipinski definition) is 4. The van der Waals surface area contributed by atoms with E-state index < -0.39 is 0 Å². The number of likely N-dealkylation sites (tertiary alicyclic amines) is 1. The maximum atomic E-state index is 12.7. The minimum Gasteiger partial charge on any atom is -0.322 e. The van der Waals surface area contributed by atoms with E-state index in [0.29, 0.717) is 6.54 Å². The molecule has 1 aromatic carbocycles. The second-order valence-corrected chi connectivity index (χ2v) is 6.55. The summed E-state index contributed by atoms with van der Waals surface area (Å²) >= 11 is 1.64. The number of nitrogens with one attached hydrogen (secondary N) is 1. The lowest BCUT2D eigenvalue weighted by Gasteiger charge is -2.32. The highest BCUT2D eigenvalue weighted by molar-refractivity contribution is 7.98. The van der Waals surface area contributed by atoms with Crippen molar-refractivity contribution in [1.29, 1.82) is 0 Å². The van der Waals surface area contributed by atoms with E-state index in [1.54, 1.807) is 18.1 Å². The Kier molecular flexibility index (Phi) is 4.85. The number of aryl methyl sites for hydroxylation is 1. The molecule has 0 spiro atoms. The first kappa shape index (κ1) is 15.9. The smallest absolute Gasteiger partial charge is 0.321 e. The van der Waals surface area contributed by atoms with Gasteiger partial charge >= 0.3 is 6.03 Å². The summed E-state index contributed by atoms with van der Waals surface area (Å²) < 4.78 is 1.85. The zero-order chi connectivity index (χ0) is 16.2. The molecule has 6 nitrogen and oxygen atoms in total. The van der Waals surface area contributed by atoms with Crippen LogP contribution in [0.3, 0.4) is 0 Å². The standard InChI is InChI=1S/C16H21N5OS/c1-12-5-3-7-14(23-2)15(12)19-16(22)20-8-4-6-13(9-20)21-11-17-10-18-21/h3,5,7,10-11,13H,4,6,8-9H2,1-2H3,(H,19,22)/t13-/m0/s1. The van der Waals surface area contributed by atoms with Gasteiger partial charge in [0.1, 0.15) is 12.7 Å².